The largest absolute Gasteiger partial charge is 0.402 e. The molecule has 0 bridgehead atoms. The Balaban J connectivity index is 2.58. The molecule has 9 heavy (non-hydrogen) atoms. The van der Waals surface area contributed by atoms with Crippen LogP contribution in [0.4, 0.5) is 0 Å². The Kier molecular flexibility index (Phi) is 1.76. The fourth-order valence-electron chi connectivity index (χ4n) is 1.03. The SMILES string of the molecule is CC1CCC(N)=CC1O. The second-order valence-electron chi connectivity index (χ2n) is 2.75. The van der Waals surface area contributed by atoms with E-state index in [1.165, 1.54) is 0 Å². The van der Waals surface area contributed by atoms with E-state index in [0.717, 1.165) is 18.5 Å². The average molecular weight is 127 g/mol. The number of aliphatic hydroxyl groups excluding tert-OH is 1. The zero-order chi connectivity index (χ0) is 6.85. The van der Waals surface area contributed by atoms with Crippen molar-refractivity contribution in [2.24, 2.45) is 11.7 Å². The van der Waals surface area contributed by atoms with E-state index in [4.69, 9.17) is 5.73 Å². The quantitative estimate of drug-likeness (QED) is 0.501. The van der Waals surface area contributed by atoms with Crippen molar-refractivity contribution >= 4 is 0 Å². The lowest BCUT2D eigenvalue weighted by Crippen LogP contribution is -2.21. The molecule has 1 aliphatic carbocycles. The maximum Gasteiger partial charge on any atom is 0.0765 e. The van der Waals surface area contributed by atoms with Crippen molar-refractivity contribution in [1.82, 2.24) is 0 Å². The minimum Gasteiger partial charge on any atom is -0.402 e. The minimum atomic E-state index is -0.307. The van der Waals surface area contributed by atoms with Gasteiger partial charge in [-0.15, -0.1) is 0 Å². The van der Waals surface area contributed by atoms with E-state index >= 15 is 0 Å². The average Bonchev–Trinajstić information content (AvgIpc) is 1.80. The van der Waals surface area contributed by atoms with E-state index in [0.29, 0.717) is 5.92 Å². The lowest BCUT2D eigenvalue weighted by atomic mass is 9.92. The molecule has 2 nitrogen and oxygen atoms in total. The predicted octanol–water partition coefficient (Wildman–Crippen LogP) is 0.620. The van der Waals surface area contributed by atoms with Gasteiger partial charge in [0, 0.05) is 5.70 Å². The lowest BCUT2D eigenvalue weighted by molar-refractivity contribution is 0.148. The number of allylic oxidation sites excluding steroid dienone is 1. The summed E-state index contributed by atoms with van der Waals surface area (Å²) in [7, 11) is 0. The van der Waals surface area contributed by atoms with Crippen molar-refractivity contribution in [3.63, 3.8) is 0 Å². The van der Waals surface area contributed by atoms with Crippen molar-refractivity contribution in [3.05, 3.63) is 11.8 Å². The van der Waals surface area contributed by atoms with Crippen LogP contribution in [0.15, 0.2) is 11.8 Å². The van der Waals surface area contributed by atoms with Gasteiger partial charge in [0.25, 0.3) is 0 Å². The molecule has 0 aromatic heterocycles. The predicted molar refractivity (Wildman–Crippen MR) is 36.7 cm³/mol. The molecule has 1 rings (SSSR count). The van der Waals surface area contributed by atoms with E-state index in [2.05, 4.69) is 0 Å². The second kappa shape index (κ2) is 2.40. The molecule has 0 fully saturated rings. The van der Waals surface area contributed by atoms with E-state index in [1.54, 1.807) is 6.08 Å². The second-order valence-corrected chi connectivity index (χ2v) is 2.75. The molecule has 0 saturated heterocycles. The molecule has 0 saturated carbocycles. The Bertz CT molecular complexity index is 131. The molecule has 1 aliphatic rings. The summed E-state index contributed by atoms with van der Waals surface area (Å²) in [5.41, 5.74) is 6.32. The molecular weight excluding hydrogens is 114 g/mol. The monoisotopic (exact) mass is 127 g/mol. The maximum atomic E-state index is 9.19. The Hall–Kier alpha value is -0.500. The highest BCUT2D eigenvalue weighted by molar-refractivity contribution is 5.05. The van der Waals surface area contributed by atoms with Crippen molar-refractivity contribution in [2.45, 2.75) is 25.9 Å². The van der Waals surface area contributed by atoms with Gasteiger partial charge >= 0.3 is 0 Å². The number of aliphatic hydroxyl groups is 1. The van der Waals surface area contributed by atoms with Crippen LogP contribution in [-0.4, -0.2) is 11.2 Å². The highest BCUT2D eigenvalue weighted by Gasteiger charge is 2.16. The third-order valence-electron chi connectivity index (χ3n) is 1.86. The lowest BCUT2D eigenvalue weighted by Gasteiger charge is -2.21. The fraction of sp³-hybridized carbons (Fsp3) is 0.714. The maximum absolute atomic E-state index is 9.19. The van der Waals surface area contributed by atoms with E-state index in [9.17, 15) is 5.11 Å². The molecule has 0 aliphatic heterocycles. The highest BCUT2D eigenvalue weighted by Crippen LogP contribution is 2.20. The normalized spacial score (nSPS) is 36.0. The van der Waals surface area contributed by atoms with E-state index in [1.807, 2.05) is 6.92 Å². The summed E-state index contributed by atoms with van der Waals surface area (Å²) in [6.45, 7) is 2.04. The summed E-state index contributed by atoms with van der Waals surface area (Å²) in [4.78, 5) is 0. The van der Waals surface area contributed by atoms with Gasteiger partial charge in [-0.25, -0.2) is 0 Å². The number of rotatable bonds is 0. The molecule has 0 amide bonds. The highest BCUT2D eigenvalue weighted by atomic mass is 16.3. The summed E-state index contributed by atoms with van der Waals surface area (Å²) in [5.74, 6) is 0.386. The van der Waals surface area contributed by atoms with Gasteiger partial charge in [-0.3, -0.25) is 0 Å². The number of hydrogen-bond acceptors (Lipinski definition) is 2. The first-order valence-corrected chi connectivity index (χ1v) is 3.34. The third kappa shape index (κ3) is 1.45. The van der Waals surface area contributed by atoms with Crippen LogP contribution in [0.5, 0.6) is 0 Å². The molecule has 0 aromatic carbocycles. The van der Waals surface area contributed by atoms with Crippen LogP contribution in [0.3, 0.4) is 0 Å². The van der Waals surface area contributed by atoms with E-state index in [-0.39, 0.29) is 6.10 Å². The van der Waals surface area contributed by atoms with Crippen LogP contribution in [0.2, 0.25) is 0 Å². The van der Waals surface area contributed by atoms with Crippen molar-refractivity contribution in [2.75, 3.05) is 0 Å². The van der Waals surface area contributed by atoms with Gasteiger partial charge in [-0.1, -0.05) is 6.92 Å². The van der Waals surface area contributed by atoms with E-state index < -0.39 is 0 Å². The van der Waals surface area contributed by atoms with Gasteiger partial charge in [0.2, 0.25) is 0 Å². The van der Waals surface area contributed by atoms with Gasteiger partial charge in [-0.2, -0.15) is 0 Å². The molecule has 52 valence electrons. The Labute approximate surface area is 55.4 Å². The van der Waals surface area contributed by atoms with Gasteiger partial charge < -0.3 is 10.8 Å². The Morgan fingerprint density at radius 1 is 1.78 bits per heavy atom. The molecule has 2 heteroatoms. The van der Waals surface area contributed by atoms with Crippen molar-refractivity contribution < 1.29 is 5.11 Å². The fourth-order valence-corrected chi connectivity index (χ4v) is 1.03. The number of hydrogen-bond donors (Lipinski definition) is 2. The summed E-state index contributed by atoms with van der Waals surface area (Å²) in [6, 6.07) is 0. The van der Waals surface area contributed by atoms with Crippen LogP contribution < -0.4 is 5.73 Å². The first kappa shape index (κ1) is 6.62. The summed E-state index contributed by atoms with van der Waals surface area (Å²) >= 11 is 0. The van der Waals surface area contributed by atoms with Crippen LogP contribution in [0.25, 0.3) is 0 Å². The van der Waals surface area contributed by atoms with Gasteiger partial charge in [0.1, 0.15) is 0 Å². The zero-order valence-electron chi connectivity index (χ0n) is 5.67. The standard InChI is InChI=1S/C7H13NO/c1-5-2-3-6(8)4-7(5)9/h4-5,7,9H,2-3,8H2,1H3. The Morgan fingerprint density at radius 2 is 2.44 bits per heavy atom. The zero-order valence-corrected chi connectivity index (χ0v) is 5.67. The van der Waals surface area contributed by atoms with Crippen LogP contribution in [0, 0.1) is 5.92 Å². The molecule has 0 heterocycles. The first-order valence-electron chi connectivity index (χ1n) is 3.34. The van der Waals surface area contributed by atoms with Gasteiger partial charge in [0.05, 0.1) is 6.10 Å². The third-order valence-corrected chi connectivity index (χ3v) is 1.86. The summed E-state index contributed by atoms with van der Waals surface area (Å²) in [6.07, 6.45) is 3.40. The van der Waals surface area contributed by atoms with Crippen molar-refractivity contribution in [1.29, 1.82) is 0 Å². The molecular formula is C7H13NO. The van der Waals surface area contributed by atoms with Crippen molar-refractivity contribution in [3.8, 4) is 0 Å². The first-order chi connectivity index (χ1) is 4.20. The van der Waals surface area contributed by atoms with Gasteiger partial charge in [-0.05, 0) is 24.8 Å². The molecule has 2 unspecified atom stereocenters. The number of nitrogens with two attached hydrogens (primary N) is 1. The summed E-state index contributed by atoms with van der Waals surface area (Å²) < 4.78 is 0. The van der Waals surface area contributed by atoms with Crippen LogP contribution in [-0.2, 0) is 0 Å². The Morgan fingerprint density at radius 3 is 2.89 bits per heavy atom. The summed E-state index contributed by atoms with van der Waals surface area (Å²) in [5, 5.41) is 9.19. The van der Waals surface area contributed by atoms with Crippen LogP contribution >= 0.6 is 0 Å². The van der Waals surface area contributed by atoms with Gasteiger partial charge in [0.15, 0.2) is 0 Å². The minimum absolute atomic E-state index is 0.307. The topological polar surface area (TPSA) is 46.2 Å². The molecule has 0 radical (unpaired) electrons. The van der Waals surface area contributed by atoms with Crippen LogP contribution in [0.1, 0.15) is 19.8 Å². The molecule has 2 atom stereocenters. The molecule has 0 spiro atoms. The smallest absolute Gasteiger partial charge is 0.0765 e. The molecule has 3 N–H and O–H groups in total. The molecule has 0 aromatic rings.